The van der Waals surface area contributed by atoms with Gasteiger partial charge in [0, 0.05) is 17.0 Å². The lowest BCUT2D eigenvalue weighted by atomic mass is 10.1. The molecule has 0 saturated heterocycles. The molecule has 0 bridgehead atoms. The molecule has 1 aromatic carbocycles. The Balaban J connectivity index is 1.40. The first-order valence-corrected chi connectivity index (χ1v) is 9.83. The van der Waals surface area contributed by atoms with Crippen LogP contribution in [0.15, 0.2) is 46.9 Å². The van der Waals surface area contributed by atoms with Gasteiger partial charge in [-0.05, 0) is 38.1 Å². The lowest BCUT2D eigenvalue weighted by Gasteiger charge is -2.27. The fourth-order valence-corrected chi connectivity index (χ4v) is 3.54. The van der Waals surface area contributed by atoms with Gasteiger partial charge in [-0.1, -0.05) is 12.1 Å². The summed E-state index contributed by atoms with van der Waals surface area (Å²) in [5.74, 6) is -0.901. The zero-order chi connectivity index (χ0) is 22.8. The number of benzene rings is 1. The number of fused-ring (bicyclic) bond motifs is 1. The summed E-state index contributed by atoms with van der Waals surface area (Å²) in [5.41, 5.74) is 1.97. The molecule has 3 aromatic rings. The summed E-state index contributed by atoms with van der Waals surface area (Å²) in [4.78, 5) is 34.5. The summed E-state index contributed by atoms with van der Waals surface area (Å²) in [6.45, 7) is 4.01. The van der Waals surface area contributed by atoms with Gasteiger partial charge in [-0.3, -0.25) is 14.9 Å². The summed E-state index contributed by atoms with van der Waals surface area (Å²) >= 11 is 0. The highest BCUT2D eigenvalue weighted by molar-refractivity contribution is 6.00. The molecule has 0 aliphatic carbocycles. The van der Waals surface area contributed by atoms with Crippen molar-refractivity contribution in [2.24, 2.45) is 0 Å². The second-order valence-electron chi connectivity index (χ2n) is 7.29. The van der Waals surface area contributed by atoms with Gasteiger partial charge in [0.05, 0.1) is 12.6 Å². The molecular weight excluding hydrogens is 420 g/mol. The van der Waals surface area contributed by atoms with E-state index in [9.17, 15) is 19.7 Å². The second-order valence-corrected chi connectivity index (χ2v) is 7.29. The lowest BCUT2D eigenvalue weighted by Crippen LogP contribution is -2.33. The van der Waals surface area contributed by atoms with Crippen LogP contribution in [0.3, 0.4) is 0 Å². The van der Waals surface area contributed by atoms with E-state index >= 15 is 0 Å². The number of ketones is 1. The molecule has 1 unspecified atom stereocenters. The molecule has 32 heavy (non-hydrogen) atoms. The van der Waals surface area contributed by atoms with Crippen molar-refractivity contribution in [1.29, 1.82) is 0 Å². The number of hydrogen-bond acceptors (Lipinski definition) is 8. The number of aryl methyl sites for hydroxylation is 1. The van der Waals surface area contributed by atoms with Crippen molar-refractivity contribution in [2.45, 2.75) is 26.5 Å². The lowest BCUT2D eigenvalue weighted by molar-refractivity contribution is -0.402. The van der Waals surface area contributed by atoms with Crippen LogP contribution in [-0.4, -0.2) is 40.6 Å². The molecule has 4 rings (SSSR count). The van der Waals surface area contributed by atoms with Crippen molar-refractivity contribution in [2.75, 3.05) is 13.2 Å². The number of carbonyl (C=O) groups excluding carboxylic acids is 2. The molecule has 166 valence electrons. The largest absolute Gasteiger partial charge is 0.486 e. The Morgan fingerprint density at radius 3 is 2.66 bits per heavy atom. The highest BCUT2D eigenvalue weighted by Crippen LogP contribution is 2.31. The number of aromatic nitrogens is 1. The van der Waals surface area contributed by atoms with E-state index in [0.29, 0.717) is 35.9 Å². The summed E-state index contributed by atoms with van der Waals surface area (Å²) in [6.07, 6.45) is -0.231. The summed E-state index contributed by atoms with van der Waals surface area (Å²) < 4.78 is 23.5. The summed E-state index contributed by atoms with van der Waals surface area (Å²) in [5, 5.41) is 10.6. The molecule has 1 aliphatic rings. The minimum Gasteiger partial charge on any atom is -0.486 e. The number of para-hydroxylation sites is 2. The molecule has 0 saturated carbocycles. The number of nitrogens with zero attached hydrogens (tertiary/aromatic N) is 2. The van der Waals surface area contributed by atoms with Gasteiger partial charge in [0.2, 0.25) is 11.5 Å². The van der Waals surface area contributed by atoms with Crippen molar-refractivity contribution in [3.63, 3.8) is 0 Å². The first-order valence-electron chi connectivity index (χ1n) is 9.83. The highest BCUT2D eigenvalue weighted by Gasteiger charge is 2.25. The van der Waals surface area contributed by atoms with Crippen LogP contribution in [0, 0.1) is 24.0 Å². The molecule has 0 fully saturated rings. The molecule has 1 aliphatic heterocycles. The standard InChI is InChI=1S/C22H20N2O8/c1-13-9-16(17(25)12-30-22(26)20-7-8-21(32-20)24(27)28)14(2)23(13)10-15-11-29-18-5-3-4-6-19(18)31-15/h3-9,15H,10-12H2,1-2H3. The smallest absolute Gasteiger partial charge is 0.433 e. The Labute approximate surface area is 182 Å². The first kappa shape index (κ1) is 21.2. The van der Waals surface area contributed by atoms with Gasteiger partial charge < -0.3 is 23.2 Å². The van der Waals surface area contributed by atoms with E-state index in [1.165, 1.54) is 0 Å². The van der Waals surface area contributed by atoms with E-state index in [1.807, 2.05) is 35.8 Å². The van der Waals surface area contributed by atoms with Gasteiger partial charge in [0.1, 0.15) is 11.5 Å². The van der Waals surface area contributed by atoms with Crippen molar-refractivity contribution >= 4 is 17.6 Å². The molecule has 0 amide bonds. The van der Waals surface area contributed by atoms with Gasteiger partial charge >= 0.3 is 11.9 Å². The van der Waals surface area contributed by atoms with Crippen LogP contribution in [0.1, 0.15) is 32.3 Å². The van der Waals surface area contributed by atoms with E-state index in [1.54, 1.807) is 13.0 Å². The van der Waals surface area contributed by atoms with E-state index in [2.05, 4.69) is 0 Å². The van der Waals surface area contributed by atoms with Gasteiger partial charge in [-0.2, -0.15) is 0 Å². The van der Waals surface area contributed by atoms with E-state index in [0.717, 1.165) is 17.8 Å². The number of furan rings is 1. The molecule has 10 nitrogen and oxygen atoms in total. The van der Waals surface area contributed by atoms with Crippen LogP contribution in [0.25, 0.3) is 0 Å². The average Bonchev–Trinajstić information content (AvgIpc) is 3.38. The van der Waals surface area contributed by atoms with Gasteiger partial charge in [-0.15, -0.1) is 0 Å². The topological polar surface area (TPSA) is 123 Å². The van der Waals surface area contributed by atoms with Crippen molar-refractivity contribution < 1.29 is 33.1 Å². The monoisotopic (exact) mass is 440 g/mol. The van der Waals surface area contributed by atoms with Crippen LogP contribution >= 0.6 is 0 Å². The van der Waals surface area contributed by atoms with Gasteiger partial charge in [0.15, 0.2) is 24.2 Å². The van der Waals surface area contributed by atoms with Crippen LogP contribution in [0.5, 0.6) is 11.5 Å². The van der Waals surface area contributed by atoms with Crippen LogP contribution in [0.4, 0.5) is 5.88 Å². The summed E-state index contributed by atoms with van der Waals surface area (Å²) in [7, 11) is 0. The third kappa shape index (κ3) is 4.20. The van der Waals surface area contributed by atoms with Crippen molar-refractivity contribution in [1.82, 2.24) is 4.57 Å². The minimum absolute atomic E-state index is 0.231. The maximum atomic E-state index is 12.7. The Morgan fingerprint density at radius 2 is 1.94 bits per heavy atom. The highest BCUT2D eigenvalue weighted by atomic mass is 16.7. The molecule has 1 atom stereocenters. The predicted octanol–water partition coefficient (Wildman–Crippen LogP) is 3.49. The zero-order valence-electron chi connectivity index (χ0n) is 17.4. The van der Waals surface area contributed by atoms with E-state index in [4.69, 9.17) is 18.6 Å². The molecule has 0 radical (unpaired) electrons. The number of carbonyl (C=O) groups is 2. The second kappa shape index (κ2) is 8.58. The number of nitro groups is 1. The number of rotatable bonds is 7. The third-order valence-corrected chi connectivity index (χ3v) is 5.14. The van der Waals surface area contributed by atoms with Gasteiger partial charge in [-0.25, -0.2) is 4.79 Å². The zero-order valence-corrected chi connectivity index (χ0v) is 17.4. The number of hydrogen-bond donors (Lipinski definition) is 0. The number of ether oxygens (including phenoxy) is 3. The molecule has 10 heteroatoms. The Kier molecular flexibility index (Phi) is 5.67. The molecular formula is C22H20N2O8. The van der Waals surface area contributed by atoms with Gasteiger partial charge in [0.25, 0.3) is 0 Å². The Bertz CT molecular complexity index is 1190. The maximum Gasteiger partial charge on any atom is 0.433 e. The predicted molar refractivity (Wildman–Crippen MR) is 110 cm³/mol. The first-order chi connectivity index (χ1) is 15.3. The molecule has 0 N–H and O–H groups in total. The number of Topliss-reactive ketones (excluding diaryl/α,β-unsaturated/α-hetero) is 1. The van der Waals surface area contributed by atoms with Crippen molar-refractivity contribution in [3.05, 3.63) is 75.3 Å². The Hall–Kier alpha value is -4.08. The third-order valence-electron chi connectivity index (χ3n) is 5.14. The Morgan fingerprint density at radius 1 is 1.19 bits per heavy atom. The normalized spacial score (nSPS) is 14.8. The maximum absolute atomic E-state index is 12.7. The fourth-order valence-electron chi connectivity index (χ4n) is 3.54. The average molecular weight is 440 g/mol. The van der Waals surface area contributed by atoms with Crippen LogP contribution in [0.2, 0.25) is 0 Å². The SMILES string of the molecule is Cc1cc(C(=O)COC(=O)c2ccc([N+](=O)[O-])o2)c(C)n1CC1COc2ccccc2O1. The van der Waals surface area contributed by atoms with Crippen LogP contribution in [-0.2, 0) is 11.3 Å². The fraction of sp³-hybridized carbons (Fsp3) is 0.273. The number of esters is 1. The minimum atomic E-state index is -0.952. The van der Waals surface area contributed by atoms with Crippen LogP contribution < -0.4 is 9.47 Å². The molecule has 3 heterocycles. The molecule has 2 aromatic heterocycles. The quantitative estimate of drug-likeness (QED) is 0.237. The summed E-state index contributed by atoms with van der Waals surface area (Å²) in [6, 6.07) is 11.3. The molecule has 0 spiro atoms. The van der Waals surface area contributed by atoms with Crippen molar-refractivity contribution in [3.8, 4) is 11.5 Å². The van der Waals surface area contributed by atoms with E-state index < -0.39 is 29.2 Å². The van der Waals surface area contributed by atoms with E-state index in [-0.39, 0.29) is 11.9 Å².